The highest BCUT2D eigenvalue weighted by Gasteiger charge is 2.19. The first-order chi connectivity index (χ1) is 5.79. The highest BCUT2D eigenvalue weighted by Crippen LogP contribution is 2.39. The second kappa shape index (κ2) is 3.02. The van der Waals surface area contributed by atoms with Gasteiger partial charge in [0.25, 0.3) is 0 Å². The van der Waals surface area contributed by atoms with E-state index in [-0.39, 0.29) is 0 Å². The van der Waals surface area contributed by atoms with E-state index >= 15 is 0 Å². The fourth-order valence-corrected chi connectivity index (χ4v) is 2.45. The number of hydrogen-bond donors (Lipinski definition) is 0. The summed E-state index contributed by atoms with van der Waals surface area (Å²) in [7, 11) is 0. The predicted molar refractivity (Wildman–Crippen MR) is 54.5 cm³/mol. The lowest BCUT2D eigenvalue weighted by atomic mass is 10.2. The Morgan fingerprint density at radius 1 is 1.58 bits per heavy atom. The molecule has 2 rings (SSSR count). The van der Waals surface area contributed by atoms with Gasteiger partial charge in [-0.15, -0.1) is 0 Å². The number of rotatable bonds is 1. The molecule has 0 aromatic rings. The van der Waals surface area contributed by atoms with Gasteiger partial charge in [-0.2, -0.15) is 0 Å². The highest BCUT2D eigenvalue weighted by atomic mass is 32.2. The van der Waals surface area contributed by atoms with Crippen LogP contribution in [-0.2, 0) is 0 Å². The predicted octanol–water partition coefficient (Wildman–Crippen LogP) is 3.09. The molecule has 0 spiro atoms. The minimum atomic E-state index is 1.05. The molecule has 1 nitrogen and oxygen atoms in total. The number of fused-ring (bicyclic) bond motifs is 1. The average Bonchev–Trinajstić information content (AvgIpc) is 2.46. The van der Waals surface area contributed by atoms with E-state index in [4.69, 9.17) is 0 Å². The summed E-state index contributed by atoms with van der Waals surface area (Å²) < 4.78 is 0. The van der Waals surface area contributed by atoms with Crippen molar-refractivity contribution in [2.24, 2.45) is 0 Å². The van der Waals surface area contributed by atoms with Crippen molar-refractivity contribution >= 4 is 11.8 Å². The zero-order valence-electron chi connectivity index (χ0n) is 7.50. The van der Waals surface area contributed by atoms with Gasteiger partial charge in [-0.1, -0.05) is 30.3 Å². The van der Waals surface area contributed by atoms with Gasteiger partial charge in [-0.05, 0) is 19.4 Å². The summed E-state index contributed by atoms with van der Waals surface area (Å²) >= 11 is 1.91. The smallest absolute Gasteiger partial charge is 0.0798 e. The zero-order chi connectivity index (χ0) is 8.55. The van der Waals surface area contributed by atoms with Crippen molar-refractivity contribution in [3.05, 3.63) is 33.9 Å². The van der Waals surface area contributed by atoms with Gasteiger partial charge < -0.3 is 4.90 Å². The van der Waals surface area contributed by atoms with Gasteiger partial charge in [0.1, 0.15) is 0 Å². The van der Waals surface area contributed by atoms with Crippen LogP contribution in [0.2, 0.25) is 0 Å². The minimum absolute atomic E-state index is 1.05. The van der Waals surface area contributed by atoms with Crippen LogP contribution in [0.5, 0.6) is 0 Å². The Balaban J connectivity index is 2.20. The summed E-state index contributed by atoms with van der Waals surface area (Å²) in [6.07, 6.45) is 7.93. The Labute approximate surface area is 77.8 Å². The number of allylic oxidation sites excluding steroid dienone is 3. The summed E-state index contributed by atoms with van der Waals surface area (Å²) in [6.45, 7) is 5.42. The van der Waals surface area contributed by atoms with Crippen LogP contribution in [0.15, 0.2) is 33.9 Å². The molecule has 0 saturated carbocycles. The van der Waals surface area contributed by atoms with E-state index in [0.717, 1.165) is 13.0 Å². The lowest BCUT2D eigenvalue weighted by Gasteiger charge is -2.19. The Hall–Kier alpha value is -0.630. The van der Waals surface area contributed by atoms with Crippen LogP contribution in [0.25, 0.3) is 0 Å². The normalized spacial score (nSPS) is 21.5. The zero-order valence-corrected chi connectivity index (χ0v) is 8.32. The quantitative estimate of drug-likeness (QED) is 0.608. The summed E-state index contributed by atoms with van der Waals surface area (Å²) in [5.74, 6) is 0. The number of thioether (sulfide) groups is 1. The Morgan fingerprint density at radius 2 is 2.42 bits per heavy atom. The molecule has 2 aliphatic heterocycles. The van der Waals surface area contributed by atoms with Crippen molar-refractivity contribution in [1.29, 1.82) is 0 Å². The van der Waals surface area contributed by atoms with Crippen LogP contribution in [0.3, 0.4) is 0 Å². The van der Waals surface area contributed by atoms with Crippen molar-refractivity contribution in [2.75, 3.05) is 6.54 Å². The fraction of sp³-hybridized carbons (Fsp3) is 0.400. The van der Waals surface area contributed by atoms with E-state index in [1.54, 1.807) is 0 Å². The molecule has 0 fully saturated rings. The Kier molecular flexibility index (Phi) is 2.01. The molecule has 0 aliphatic carbocycles. The van der Waals surface area contributed by atoms with Gasteiger partial charge >= 0.3 is 0 Å². The molecule has 0 saturated heterocycles. The van der Waals surface area contributed by atoms with Gasteiger partial charge in [0.05, 0.1) is 5.03 Å². The molecule has 0 N–H and O–H groups in total. The lowest BCUT2D eigenvalue weighted by molar-refractivity contribution is 0.549. The maximum atomic E-state index is 2.32. The van der Waals surface area contributed by atoms with Crippen molar-refractivity contribution in [1.82, 2.24) is 4.90 Å². The SMILES string of the molecule is CCC1=CN2CC=C(C)C=C2S1. The summed E-state index contributed by atoms with van der Waals surface area (Å²) in [6, 6.07) is 0. The van der Waals surface area contributed by atoms with Crippen LogP contribution in [0.4, 0.5) is 0 Å². The topological polar surface area (TPSA) is 3.24 Å². The Morgan fingerprint density at radius 3 is 3.17 bits per heavy atom. The minimum Gasteiger partial charge on any atom is -0.338 e. The van der Waals surface area contributed by atoms with E-state index in [0.29, 0.717) is 0 Å². The van der Waals surface area contributed by atoms with Crippen LogP contribution in [-0.4, -0.2) is 11.4 Å². The van der Waals surface area contributed by atoms with E-state index in [1.807, 2.05) is 11.8 Å². The van der Waals surface area contributed by atoms with Crippen LogP contribution < -0.4 is 0 Å². The van der Waals surface area contributed by atoms with E-state index < -0.39 is 0 Å². The molecule has 12 heavy (non-hydrogen) atoms. The van der Waals surface area contributed by atoms with Crippen molar-refractivity contribution in [3.8, 4) is 0 Å². The average molecular weight is 179 g/mol. The summed E-state index contributed by atoms with van der Waals surface area (Å²) in [5.41, 5.74) is 1.39. The van der Waals surface area contributed by atoms with Gasteiger partial charge in [0.15, 0.2) is 0 Å². The van der Waals surface area contributed by atoms with Crippen molar-refractivity contribution < 1.29 is 0 Å². The van der Waals surface area contributed by atoms with Gasteiger partial charge in [0, 0.05) is 17.6 Å². The molecular weight excluding hydrogens is 166 g/mol. The molecule has 0 radical (unpaired) electrons. The maximum Gasteiger partial charge on any atom is 0.0798 e. The second-order valence-electron chi connectivity index (χ2n) is 3.13. The van der Waals surface area contributed by atoms with Crippen molar-refractivity contribution in [2.45, 2.75) is 20.3 Å². The summed E-state index contributed by atoms with van der Waals surface area (Å²) in [5, 5.41) is 1.40. The molecule has 64 valence electrons. The second-order valence-corrected chi connectivity index (χ2v) is 4.28. The standard InChI is InChI=1S/C10H13NS/c1-3-9-7-11-5-4-8(2)6-10(11)12-9/h4,6-7H,3,5H2,1-2H3. The monoisotopic (exact) mass is 179 g/mol. The first kappa shape index (κ1) is 7.99. The van der Waals surface area contributed by atoms with E-state index in [1.165, 1.54) is 15.5 Å². The molecular formula is C10H13NS. The van der Waals surface area contributed by atoms with Gasteiger partial charge in [0.2, 0.25) is 0 Å². The molecule has 2 aliphatic rings. The third kappa shape index (κ3) is 1.31. The van der Waals surface area contributed by atoms with Crippen LogP contribution in [0.1, 0.15) is 20.3 Å². The number of nitrogens with zero attached hydrogens (tertiary/aromatic N) is 1. The molecule has 2 heteroatoms. The molecule has 2 heterocycles. The molecule has 0 amide bonds. The summed E-state index contributed by atoms with van der Waals surface area (Å²) in [4.78, 5) is 3.79. The van der Waals surface area contributed by atoms with Crippen LogP contribution >= 0.6 is 11.8 Å². The molecule has 0 aromatic carbocycles. The lowest BCUT2D eigenvalue weighted by Crippen LogP contribution is -2.14. The highest BCUT2D eigenvalue weighted by molar-refractivity contribution is 8.06. The van der Waals surface area contributed by atoms with E-state index in [2.05, 4.69) is 37.1 Å². The van der Waals surface area contributed by atoms with Gasteiger partial charge in [-0.3, -0.25) is 0 Å². The van der Waals surface area contributed by atoms with Crippen LogP contribution in [0, 0.1) is 0 Å². The Bertz CT molecular complexity index is 286. The van der Waals surface area contributed by atoms with Gasteiger partial charge in [-0.25, -0.2) is 0 Å². The maximum absolute atomic E-state index is 2.32. The van der Waals surface area contributed by atoms with Crippen molar-refractivity contribution in [3.63, 3.8) is 0 Å². The molecule has 0 unspecified atom stereocenters. The molecule has 0 aromatic heterocycles. The molecule has 0 atom stereocenters. The third-order valence-electron chi connectivity index (χ3n) is 2.13. The van der Waals surface area contributed by atoms with E-state index in [9.17, 15) is 0 Å². The fourth-order valence-electron chi connectivity index (χ4n) is 1.37. The molecule has 0 bridgehead atoms. The first-order valence-electron chi connectivity index (χ1n) is 4.33. The first-order valence-corrected chi connectivity index (χ1v) is 5.15. The number of hydrogen-bond acceptors (Lipinski definition) is 2. The third-order valence-corrected chi connectivity index (χ3v) is 3.35. The largest absolute Gasteiger partial charge is 0.338 e.